The van der Waals surface area contributed by atoms with Gasteiger partial charge in [0, 0.05) is 16.5 Å². The first-order valence-corrected chi connectivity index (χ1v) is 4.76. The van der Waals surface area contributed by atoms with Gasteiger partial charge < -0.3 is 10.8 Å². The van der Waals surface area contributed by atoms with Crippen LogP contribution in [0.25, 0.3) is 0 Å². The molecule has 4 heteroatoms. The summed E-state index contributed by atoms with van der Waals surface area (Å²) in [5.74, 6) is 0. The summed E-state index contributed by atoms with van der Waals surface area (Å²) in [4.78, 5) is 0. The van der Waals surface area contributed by atoms with Gasteiger partial charge in [-0.2, -0.15) is 0 Å². The Balaban J connectivity index is 2.57. The van der Waals surface area contributed by atoms with Gasteiger partial charge in [0.1, 0.15) is 0 Å². The van der Waals surface area contributed by atoms with E-state index >= 15 is 0 Å². The fourth-order valence-corrected chi connectivity index (χ4v) is 2.39. The van der Waals surface area contributed by atoms with Gasteiger partial charge in [0.25, 0.3) is 0 Å². The molecule has 0 saturated carbocycles. The Bertz CT molecular complexity index is 354. The van der Waals surface area contributed by atoms with Gasteiger partial charge in [-0.15, -0.1) is 0 Å². The van der Waals surface area contributed by atoms with Crippen molar-refractivity contribution in [3.63, 3.8) is 0 Å². The molecule has 2 rings (SSSR count). The van der Waals surface area contributed by atoms with E-state index in [9.17, 15) is 5.11 Å². The molecule has 2 nitrogen and oxygen atoms in total. The zero-order valence-corrected chi connectivity index (χ0v) is 8.31. The first-order chi connectivity index (χ1) is 6.09. The normalized spacial score (nSPS) is 26.2. The van der Waals surface area contributed by atoms with Gasteiger partial charge in [-0.25, -0.2) is 0 Å². The van der Waals surface area contributed by atoms with Crippen molar-refractivity contribution in [1.82, 2.24) is 0 Å². The van der Waals surface area contributed by atoms with Crippen LogP contribution in [0.5, 0.6) is 0 Å². The van der Waals surface area contributed by atoms with Gasteiger partial charge in [-0.05, 0) is 23.3 Å². The molecular formula is C9H9Cl2NO. The molecule has 3 N–H and O–H groups in total. The Hall–Kier alpha value is -0.280. The molecule has 0 spiro atoms. The Labute approximate surface area is 86.3 Å². The average molecular weight is 218 g/mol. The average Bonchev–Trinajstić information content (AvgIpc) is 2.27. The Morgan fingerprint density at radius 2 is 2.08 bits per heavy atom. The van der Waals surface area contributed by atoms with E-state index in [4.69, 9.17) is 28.9 Å². The molecule has 0 heterocycles. The lowest BCUT2D eigenvalue weighted by Crippen LogP contribution is -2.21. The van der Waals surface area contributed by atoms with Crippen molar-refractivity contribution in [2.75, 3.05) is 0 Å². The van der Waals surface area contributed by atoms with E-state index in [0.717, 1.165) is 11.1 Å². The molecule has 0 unspecified atom stereocenters. The maximum Gasteiger partial charge on any atom is 0.0773 e. The SMILES string of the molecule is N[C@@H]1c2c(Cl)cc(Cl)cc2C[C@H]1O. The standard InChI is InChI=1S/C9H9Cl2NO/c10-5-1-4-2-7(13)9(12)8(4)6(11)3-5/h1,3,7,9,13H,2,12H2/t7-,9+/m1/s1. The summed E-state index contributed by atoms with van der Waals surface area (Å²) in [6, 6.07) is 3.08. The number of hydrogen-bond donors (Lipinski definition) is 2. The number of aliphatic hydroxyl groups is 1. The first kappa shape index (κ1) is 9.28. The molecule has 0 bridgehead atoms. The molecule has 1 aliphatic carbocycles. The van der Waals surface area contributed by atoms with Crippen LogP contribution in [0.1, 0.15) is 17.2 Å². The van der Waals surface area contributed by atoms with Crippen LogP contribution in [0.2, 0.25) is 10.0 Å². The van der Waals surface area contributed by atoms with Crippen LogP contribution in [-0.4, -0.2) is 11.2 Å². The van der Waals surface area contributed by atoms with Gasteiger partial charge in [0.05, 0.1) is 12.1 Å². The lowest BCUT2D eigenvalue weighted by Gasteiger charge is -2.10. The summed E-state index contributed by atoms with van der Waals surface area (Å²) in [6.07, 6.45) is 0.00233. The molecule has 0 aromatic heterocycles. The van der Waals surface area contributed by atoms with E-state index in [-0.39, 0.29) is 6.04 Å². The number of nitrogens with two attached hydrogens (primary N) is 1. The largest absolute Gasteiger partial charge is 0.391 e. The molecule has 1 aliphatic rings. The summed E-state index contributed by atoms with van der Waals surface area (Å²) in [5, 5.41) is 10.6. The Morgan fingerprint density at radius 3 is 2.77 bits per heavy atom. The maximum atomic E-state index is 9.51. The number of rotatable bonds is 0. The highest BCUT2D eigenvalue weighted by molar-refractivity contribution is 6.35. The molecule has 0 fully saturated rings. The molecule has 1 aromatic rings. The van der Waals surface area contributed by atoms with Gasteiger partial charge in [-0.3, -0.25) is 0 Å². The summed E-state index contributed by atoms with van der Waals surface area (Å²) in [5.41, 5.74) is 7.55. The van der Waals surface area contributed by atoms with Crippen molar-refractivity contribution in [1.29, 1.82) is 0 Å². The highest BCUT2D eigenvalue weighted by Crippen LogP contribution is 2.37. The van der Waals surface area contributed by atoms with Crippen molar-refractivity contribution in [2.45, 2.75) is 18.6 Å². The molecule has 2 atom stereocenters. The Morgan fingerprint density at radius 1 is 1.38 bits per heavy atom. The van der Waals surface area contributed by atoms with E-state index in [1.165, 1.54) is 0 Å². The molecule has 0 amide bonds. The quantitative estimate of drug-likeness (QED) is 0.698. The zero-order chi connectivity index (χ0) is 9.59. The summed E-state index contributed by atoms with van der Waals surface area (Å²) < 4.78 is 0. The minimum atomic E-state index is -0.536. The first-order valence-electron chi connectivity index (χ1n) is 4.01. The molecule has 0 saturated heterocycles. The second kappa shape index (κ2) is 3.14. The third-order valence-corrected chi connectivity index (χ3v) is 2.89. The molecule has 1 aromatic carbocycles. The predicted molar refractivity (Wildman–Crippen MR) is 53.1 cm³/mol. The van der Waals surface area contributed by atoms with Crippen LogP contribution in [0, 0.1) is 0 Å². The molecule has 0 aliphatic heterocycles. The van der Waals surface area contributed by atoms with Crippen LogP contribution >= 0.6 is 23.2 Å². The fraction of sp³-hybridized carbons (Fsp3) is 0.333. The maximum absolute atomic E-state index is 9.51. The highest BCUT2D eigenvalue weighted by atomic mass is 35.5. The second-order valence-corrected chi connectivity index (χ2v) is 4.10. The Kier molecular flexibility index (Phi) is 2.24. The van der Waals surface area contributed by atoms with Crippen molar-refractivity contribution >= 4 is 23.2 Å². The number of aliphatic hydroxyl groups excluding tert-OH is 1. The smallest absolute Gasteiger partial charge is 0.0773 e. The van der Waals surface area contributed by atoms with Gasteiger partial charge in [0.2, 0.25) is 0 Å². The molecule has 0 radical (unpaired) electrons. The topological polar surface area (TPSA) is 46.2 Å². The lowest BCUT2D eigenvalue weighted by atomic mass is 10.1. The molecule has 70 valence electrons. The van der Waals surface area contributed by atoms with Crippen LogP contribution in [0.15, 0.2) is 12.1 Å². The molecular weight excluding hydrogens is 209 g/mol. The van der Waals surface area contributed by atoms with Gasteiger partial charge in [-0.1, -0.05) is 23.2 Å². The highest BCUT2D eigenvalue weighted by Gasteiger charge is 2.30. The van der Waals surface area contributed by atoms with E-state index in [2.05, 4.69) is 0 Å². The van der Waals surface area contributed by atoms with Crippen LogP contribution in [0.4, 0.5) is 0 Å². The van der Waals surface area contributed by atoms with Crippen molar-refractivity contribution in [3.8, 4) is 0 Å². The monoisotopic (exact) mass is 217 g/mol. The number of hydrogen-bond acceptors (Lipinski definition) is 2. The number of halogens is 2. The van der Waals surface area contributed by atoms with Crippen LogP contribution in [-0.2, 0) is 6.42 Å². The minimum absolute atomic E-state index is 0.375. The molecule has 13 heavy (non-hydrogen) atoms. The van der Waals surface area contributed by atoms with E-state index < -0.39 is 6.10 Å². The van der Waals surface area contributed by atoms with Crippen molar-refractivity contribution < 1.29 is 5.11 Å². The van der Waals surface area contributed by atoms with Gasteiger partial charge in [0.15, 0.2) is 0 Å². The number of benzene rings is 1. The van der Waals surface area contributed by atoms with Crippen LogP contribution < -0.4 is 5.73 Å². The van der Waals surface area contributed by atoms with Crippen molar-refractivity contribution in [2.24, 2.45) is 5.73 Å². The summed E-state index contributed by atoms with van der Waals surface area (Å²) >= 11 is 11.8. The van der Waals surface area contributed by atoms with E-state index in [0.29, 0.717) is 16.5 Å². The third-order valence-electron chi connectivity index (χ3n) is 2.36. The van der Waals surface area contributed by atoms with Gasteiger partial charge >= 0.3 is 0 Å². The van der Waals surface area contributed by atoms with Crippen molar-refractivity contribution in [3.05, 3.63) is 33.3 Å². The summed E-state index contributed by atoms with van der Waals surface area (Å²) in [6.45, 7) is 0. The van der Waals surface area contributed by atoms with E-state index in [1.807, 2.05) is 0 Å². The third kappa shape index (κ3) is 1.44. The fourth-order valence-electron chi connectivity index (χ4n) is 1.72. The number of fused-ring (bicyclic) bond motifs is 1. The van der Waals surface area contributed by atoms with E-state index in [1.54, 1.807) is 12.1 Å². The minimum Gasteiger partial charge on any atom is -0.391 e. The summed E-state index contributed by atoms with van der Waals surface area (Å²) in [7, 11) is 0. The predicted octanol–water partition coefficient (Wildman–Crippen LogP) is 1.91. The second-order valence-electron chi connectivity index (χ2n) is 3.26. The zero-order valence-electron chi connectivity index (χ0n) is 6.80. The van der Waals surface area contributed by atoms with Crippen LogP contribution in [0.3, 0.4) is 0 Å². The lowest BCUT2D eigenvalue weighted by molar-refractivity contribution is 0.158.